The molecule has 0 aliphatic carbocycles. The zero-order valence-corrected chi connectivity index (χ0v) is 9.89. The van der Waals surface area contributed by atoms with E-state index in [9.17, 15) is 4.39 Å². The first kappa shape index (κ1) is 11.0. The zero-order valence-electron chi connectivity index (χ0n) is 9.14. The second-order valence-corrected chi connectivity index (χ2v) is 4.11. The number of nitrogens with zero attached hydrogens (tertiary/aromatic N) is 3. The van der Waals surface area contributed by atoms with Crippen LogP contribution in [0.1, 0.15) is 0 Å². The molecular formula is C12H8ClFN4. The van der Waals surface area contributed by atoms with Gasteiger partial charge in [0.05, 0.1) is 11.2 Å². The molecule has 1 aromatic carbocycles. The molecular weight excluding hydrogens is 255 g/mol. The van der Waals surface area contributed by atoms with Crippen molar-refractivity contribution >= 4 is 28.8 Å². The Balaban J connectivity index is 1.92. The van der Waals surface area contributed by atoms with Crippen LogP contribution in [-0.4, -0.2) is 14.6 Å². The topological polar surface area (TPSA) is 42.2 Å². The Labute approximate surface area is 107 Å². The highest BCUT2D eigenvalue weighted by atomic mass is 35.5. The van der Waals surface area contributed by atoms with E-state index in [0.29, 0.717) is 11.5 Å². The van der Waals surface area contributed by atoms with E-state index in [-0.39, 0.29) is 5.02 Å². The van der Waals surface area contributed by atoms with Gasteiger partial charge in [0.2, 0.25) is 0 Å². The van der Waals surface area contributed by atoms with Gasteiger partial charge in [0.1, 0.15) is 11.6 Å². The van der Waals surface area contributed by atoms with Crippen LogP contribution in [0, 0.1) is 5.82 Å². The first-order valence-corrected chi connectivity index (χ1v) is 5.63. The van der Waals surface area contributed by atoms with Crippen LogP contribution in [0.5, 0.6) is 0 Å². The van der Waals surface area contributed by atoms with Gasteiger partial charge >= 0.3 is 0 Å². The van der Waals surface area contributed by atoms with Gasteiger partial charge in [-0.25, -0.2) is 13.9 Å². The molecule has 0 saturated heterocycles. The van der Waals surface area contributed by atoms with Gasteiger partial charge in [-0.15, -0.1) is 0 Å². The van der Waals surface area contributed by atoms with Crippen LogP contribution in [-0.2, 0) is 0 Å². The quantitative estimate of drug-likeness (QED) is 0.771. The maximum absolute atomic E-state index is 13.0. The van der Waals surface area contributed by atoms with Crippen LogP contribution in [0.4, 0.5) is 15.9 Å². The number of benzene rings is 1. The van der Waals surface area contributed by atoms with Gasteiger partial charge in [-0.1, -0.05) is 11.6 Å². The van der Waals surface area contributed by atoms with Gasteiger partial charge in [0.15, 0.2) is 5.65 Å². The molecule has 0 fully saturated rings. The fourth-order valence-corrected chi connectivity index (χ4v) is 1.78. The van der Waals surface area contributed by atoms with Crippen LogP contribution in [0.15, 0.2) is 42.7 Å². The van der Waals surface area contributed by atoms with E-state index in [2.05, 4.69) is 15.4 Å². The van der Waals surface area contributed by atoms with Crippen LogP contribution < -0.4 is 5.32 Å². The van der Waals surface area contributed by atoms with Gasteiger partial charge in [0.25, 0.3) is 0 Å². The summed E-state index contributed by atoms with van der Waals surface area (Å²) in [5.74, 6) is 0.201. The second kappa shape index (κ2) is 4.27. The summed E-state index contributed by atoms with van der Waals surface area (Å²) < 4.78 is 14.7. The second-order valence-electron chi connectivity index (χ2n) is 3.70. The minimum Gasteiger partial charge on any atom is -0.340 e. The average Bonchev–Trinajstić information content (AvgIpc) is 2.81. The van der Waals surface area contributed by atoms with Gasteiger partial charge < -0.3 is 5.32 Å². The van der Waals surface area contributed by atoms with Crippen LogP contribution in [0.3, 0.4) is 0 Å². The highest BCUT2D eigenvalue weighted by molar-refractivity contribution is 6.31. The van der Waals surface area contributed by atoms with Gasteiger partial charge in [-0.2, -0.15) is 5.10 Å². The van der Waals surface area contributed by atoms with Crippen molar-refractivity contribution in [3.8, 4) is 0 Å². The summed E-state index contributed by atoms with van der Waals surface area (Å²) in [6.45, 7) is 0. The highest BCUT2D eigenvalue weighted by Crippen LogP contribution is 2.22. The third-order valence-electron chi connectivity index (χ3n) is 2.45. The predicted octanol–water partition coefficient (Wildman–Crippen LogP) is 3.27. The molecule has 0 radical (unpaired) electrons. The first-order chi connectivity index (χ1) is 8.72. The number of hydrogen-bond donors (Lipinski definition) is 1. The molecule has 0 bridgehead atoms. The summed E-state index contributed by atoms with van der Waals surface area (Å²) in [6, 6.07) is 7.99. The van der Waals surface area contributed by atoms with Crippen LogP contribution >= 0.6 is 11.6 Å². The van der Waals surface area contributed by atoms with Crippen LogP contribution in [0.2, 0.25) is 5.02 Å². The normalized spacial score (nSPS) is 10.8. The molecule has 3 rings (SSSR count). The van der Waals surface area contributed by atoms with Crippen molar-refractivity contribution in [2.24, 2.45) is 0 Å². The van der Waals surface area contributed by atoms with Crippen molar-refractivity contribution in [2.45, 2.75) is 0 Å². The lowest BCUT2D eigenvalue weighted by Crippen LogP contribution is -1.96. The van der Waals surface area contributed by atoms with Gasteiger partial charge in [-0.05, 0) is 24.3 Å². The van der Waals surface area contributed by atoms with Crippen LogP contribution in [0.25, 0.3) is 5.65 Å². The van der Waals surface area contributed by atoms with E-state index < -0.39 is 5.82 Å². The van der Waals surface area contributed by atoms with Gasteiger partial charge in [-0.3, -0.25) is 0 Å². The number of nitrogens with one attached hydrogen (secondary N) is 1. The minimum atomic E-state index is -0.443. The van der Waals surface area contributed by atoms with E-state index in [4.69, 9.17) is 11.6 Å². The number of aromatic nitrogens is 3. The first-order valence-electron chi connectivity index (χ1n) is 5.25. The molecule has 3 aromatic rings. The molecule has 0 unspecified atom stereocenters. The fourth-order valence-electron chi connectivity index (χ4n) is 1.60. The molecule has 4 nitrogen and oxygen atoms in total. The Kier molecular flexibility index (Phi) is 2.60. The van der Waals surface area contributed by atoms with Crippen molar-refractivity contribution in [3.63, 3.8) is 0 Å². The van der Waals surface area contributed by atoms with E-state index >= 15 is 0 Å². The van der Waals surface area contributed by atoms with E-state index in [0.717, 1.165) is 5.65 Å². The smallest absolute Gasteiger partial charge is 0.157 e. The summed E-state index contributed by atoms with van der Waals surface area (Å²) in [5, 5.41) is 7.17. The Bertz CT molecular complexity index is 710. The Morgan fingerprint density at radius 3 is 2.94 bits per heavy atom. The Morgan fingerprint density at radius 2 is 2.11 bits per heavy atom. The molecule has 1 N–H and O–H groups in total. The lowest BCUT2D eigenvalue weighted by molar-refractivity contribution is 0.628. The summed E-state index contributed by atoms with van der Waals surface area (Å²) in [7, 11) is 0. The van der Waals surface area contributed by atoms with Gasteiger partial charge in [0, 0.05) is 18.0 Å². The third kappa shape index (κ3) is 2.00. The van der Waals surface area contributed by atoms with E-state index in [1.54, 1.807) is 35.1 Å². The fraction of sp³-hybridized carbons (Fsp3) is 0. The molecule has 0 atom stereocenters. The molecule has 2 aromatic heterocycles. The molecule has 6 heteroatoms. The number of halogens is 2. The molecule has 2 heterocycles. The van der Waals surface area contributed by atoms with Crippen molar-refractivity contribution in [2.75, 3.05) is 5.32 Å². The third-order valence-corrected chi connectivity index (χ3v) is 2.74. The molecule has 90 valence electrons. The summed E-state index contributed by atoms with van der Waals surface area (Å²) in [5.41, 5.74) is 1.41. The standard InChI is InChI=1S/C12H8ClFN4/c13-9-7-8(1-2-10(9)14)16-11-4-6-18-12(17-11)3-5-15-18/h1-7H,(H,16,17). The molecule has 0 amide bonds. The Hall–Kier alpha value is -2.14. The minimum absolute atomic E-state index is 0.0745. The molecule has 0 spiro atoms. The summed E-state index contributed by atoms with van der Waals surface area (Å²) in [4.78, 5) is 4.34. The van der Waals surface area contributed by atoms with Crippen molar-refractivity contribution in [1.29, 1.82) is 0 Å². The molecule has 0 aliphatic rings. The van der Waals surface area contributed by atoms with Crippen molar-refractivity contribution in [3.05, 3.63) is 53.6 Å². The number of anilines is 2. The molecule has 0 saturated carbocycles. The van der Waals surface area contributed by atoms with E-state index in [1.807, 2.05) is 0 Å². The average molecular weight is 263 g/mol. The molecule has 0 aliphatic heterocycles. The Morgan fingerprint density at radius 1 is 1.22 bits per heavy atom. The SMILES string of the molecule is Fc1ccc(Nc2ccn3nccc3n2)cc1Cl. The maximum Gasteiger partial charge on any atom is 0.157 e. The zero-order chi connectivity index (χ0) is 12.5. The lowest BCUT2D eigenvalue weighted by Gasteiger charge is -2.06. The van der Waals surface area contributed by atoms with Crippen molar-refractivity contribution < 1.29 is 4.39 Å². The van der Waals surface area contributed by atoms with E-state index in [1.165, 1.54) is 12.1 Å². The lowest BCUT2D eigenvalue weighted by atomic mass is 10.3. The molecule has 18 heavy (non-hydrogen) atoms. The highest BCUT2D eigenvalue weighted by Gasteiger charge is 2.03. The largest absolute Gasteiger partial charge is 0.340 e. The maximum atomic E-state index is 13.0. The summed E-state index contributed by atoms with van der Waals surface area (Å²) in [6.07, 6.45) is 3.46. The number of rotatable bonds is 2. The number of fused-ring (bicyclic) bond motifs is 1. The van der Waals surface area contributed by atoms with Crippen molar-refractivity contribution in [1.82, 2.24) is 14.6 Å². The predicted molar refractivity (Wildman–Crippen MR) is 67.7 cm³/mol. The number of hydrogen-bond acceptors (Lipinski definition) is 3. The monoisotopic (exact) mass is 262 g/mol. The summed E-state index contributed by atoms with van der Waals surface area (Å²) >= 11 is 5.71.